The van der Waals surface area contributed by atoms with Crippen molar-refractivity contribution >= 4 is 17.7 Å². The fraction of sp³-hybridized carbons (Fsp3) is 0.875. The van der Waals surface area contributed by atoms with Crippen LogP contribution in [0.1, 0.15) is 12.8 Å². The molecular formula is C8H14N2OS. The molecule has 0 spiro atoms. The summed E-state index contributed by atoms with van der Waals surface area (Å²) in [6, 6.07) is 0.506. The zero-order valence-electron chi connectivity index (χ0n) is 6.95. The molecule has 3 atom stereocenters. The summed E-state index contributed by atoms with van der Waals surface area (Å²) in [5, 5.41) is 2.97. The van der Waals surface area contributed by atoms with Crippen molar-refractivity contribution in [2.45, 2.75) is 24.9 Å². The number of carbonyl (C=O) groups excluding carboxylic acids is 1. The lowest BCUT2D eigenvalue weighted by molar-refractivity contribution is -0.124. The quantitative estimate of drug-likeness (QED) is 0.636. The molecule has 0 aromatic carbocycles. The van der Waals surface area contributed by atoms with E-state index in [1.54, 1.807) is 0 Å². The lowest BCUT2D eigenvalue weighted by atomic mass is 10.1. The van der Waals surface area contributed by atoms with Gasteiger partial charge in [0.15, 0.2) is 0 Å². The van der Waals surface area contributed by atoms with Gasteiger partial charge in [-0.25, -0.2) is 0 Å². The number of thioether (sulfide) groups is 1. The highest BCUT2D eigenvalue weighted by molar-refractivity contribution is 7.99. The lowest BCUT2D eigenvalue weighted by Crippen LogP contribution is -2.34. The molecule has 0 aromatic rings. The molecule has 1 heterocycles. The topological polar surface area (TPSA) is 55.1 Å². The predicted octanol–water partition coefficient (Wildman–Crippen LogP) is -0.0447. The van der Waals surface area contributed by atoms with Crippen molar-refractivity contribution in [3.05, 3.63) is 0 Å². The van der Waals surface area contributed by atoms with Gasteiger partial charge in [0.25, 0.3) is 0 Å². The van der Waals surface area contributed by atoms with E-state index in [2.05, 4.69) is 5.32 Å². The largest absolute Gasteiger partial charge is 0.351 e. The van der Waals surface area contributed by atoms with Gasteiger partial charge < -0.3 is 11.1 Å². The number of hydrogen-bond acceptors (Lipinski definition) is 3. The standard InChI is InChI=1S/C8H14N2OS/c9-6-3-7(6)10-8(11)5-1-2-12-4-5/h5-7H,1-4,9H2,(H,10,11). The van der Waals surface area contributed by atoms with Crippen LogP contribution < -0.4 is 11.1 Å². The van der Waals surface area contributed by atoms with E-state index in [9.17, 15) is 4.79 Å². The van der Waals surface area contributed by atoms with Gasteiger partial charge in [-0.1, -0.05) is 0 Å². The zero-order chi connectivity index (χ0) is 8.55. The van der Waals surface area contributed by atoms with E-state index in [1.807, 2.05) is 11.8 Å². The minimum atomic E-state index is 0.220. The highest BCUT2D eigenvalue weighted by atomic mass is 32.2. The normalized spacial score (nSPS) is 39.6. The summed E-state index contributed by atoms with van der Waals surface area (Å²) in [5.41, 5.74) is 5.59. The van der Waals surface area contributed by atoms with E-state index in [-0.39, 0.29) is 23.9 Å². The van der Waals surface area contributed by atoms with Crippen LogP contribution in [0.3, 0.4) is 0 Å². The van der Waals surface area contributed by atoms with Crippen LogP contribution >= 0.6 is 11.8 Å². The second-order valence-electron chi connectivity index (χ2n) is 3.58. The molecule has 1 amide bonds. The van der Waals surface area contributed by atoms with Crippen LogP contribution in [-0.4, -0.2) is 29.5 Å². The Bertz CT molecular complexity index is 191. The Morgan fingerprint density at radius 3 is 2.83 bits per heavy atom. The van der Waals surface area contributed by atoms with Crippen molar-refractivity contribution in [2.75, 3.05) is 11.5 Å². The molecule has 0 aromatic heterocycles. The first-order valence-electron chi connectivity index (χ1n) is 4.41. The Morgan fingerprint density at radius 2 is 2.33 bits per heavy atom. The van der Waals surface area contributed by atoms with Gasteiger partial charge in [0.2, 0.25) is 5.91 Å². The van der Waals surface area contributed by atoms with Gasteiger partial charge in [-0.2, -0.15) is 11.8 Å². The average Bonchev–Trinajstić information content (AvgIpc) is 2.58. The second kappa shape index (κ2) is 3.26. The van der Waals surface area contributed by atoms with Gasteiger partial charge in [0.1, 0.15) is 0 Å². The Labute approximate surface area is 76.5 Å². The molecule has 1 saturated carbocycles. The second-order valence-corrected chi connectivity index (χ2v) is 4.72. The Hall–Kier alpha value is -0.220. The smallest absolute Gasteiger partial charge is 0.224 e. The van der Waals surface area contributed by atoms with Crippen LogP contribution in [0, 0.1) is 5.92 Å². The maximum Gasteiger partial charge on any atom is 0.224 e. The van der Waals surface area contributed by atoms with Gasteiger partial charge in [0.05, 0.1) is 0 Å². The summed E-state index contributed by atoms with van der Waals surface area (Å²) >= 11 is 1.87. The summed E-state index contributed by atoms with van der Waals surface area (Å²) in [4.78, 5) is 11.5. The van der Waals surface area contributed by atoms with Gasteiger partial charge in [-0.3, -0.25) is 4.79 Å². The number of nitrogens with one attached hydrogen (secondary N) is 1. The average molecular weight is 186 g/mol. The van der Waals surface area contributed by atoms with E-state index in [0.29, 0.717) is 0 Å². The van der Waals surface area contributed by atoms with Crippen LogP contribution in [-0.2, 0) is 4.79 Å². The summed E-state index contributed by atoms with van der Waals surface area (Å²) in [7, 11) is 0. The number of rotatable bonds is 2. The molecule has 2 rings (SSSR count). The summed E-state index contributed by atoms with van der Waals surface area (Å²) in [6.07, 6.45) is 2.00. The molecule has 3 nitrogen and oxygen atoms in total. The number of carbonyl (C=O) groups is 1. The summed E-state index contributed by atoms with van der Waals surface area (Å²) in [6.45, 7) is 0. The third kappa shape index (κ3) is 1.75. The van der Waals surface area contributed by atoms with Crippen molar-refractivity contribution in [1.82, 2.24) is 5.32 Å². The maximum absolute atomic E-state index is 11.5. The number of amides is 1. The number of hydrogen-bond donors (Lipinski definition) is 2. The first kappa shape index (κ1) is 8.38. The van der Waals surface area contributed by atoms with Crippen LogP contribution in [0.4, 0.5) is 0 Å². The first-order chi connectivity index (χ1) is 5.77. The third-order valence-electron chi connectivity index (χ3n) is 2.47. The predicted molar refractivity (Wildman–Crippen MR) is 50.0 cm³/mol. The first-order valence-corrected chi connectivity index (χ1v) is 5.56. The zero-order valence-corrected chi connectivity index (χ0v) is 7.77. The van der Waals surface area contributed by atoms with E-state index in [4.69, 9.17) is 5.73 Å². The summed E-state index contributed by atoms with van der Waals surface area (Å²) < 4.78 is 0. The van der Waals surface area contributed by atoms with E-state index < -0.39 is 0 Å². The van der Waals surface area contributed by atoms with Gasteiger partial charge >= 0.3 is 0 Å². The molecular weight excluding hydrogens is 172 g/mol. The molecule has 4 heteroatoms. The van der Waals surface area contributed by atoms with Crippen molar-refractivity contribution in [2.24, 2.45) is 11.7 Å². The molecule has 0 radical (unpaired) electrons. The van der Waals surface area contributed by atoms with Crippen molar-refractivity contribution < 1.29 is 4.79 Å². The molecule has 3 N–H and O–H groups in total. The molecule has 12 heavy (non-hydrogen) atoms. The number of nitrogens with two attached hydrogens (primary N) is 1. The van der Waals surface area contributed by atoms with Crippen LogP contribution in [0.5, 0.6) is 0 Å². The Morgan fingerprint density at radius 1 is 1.58 bits per heavy atom. The summed E-state index contributed by atoms with van der Waals surface area (Å²) in [5.74, 6) is 2.60. The molecule has 2 aliphatic rings. The van der Waals surface area contributed by atoms with E-state index in [1.165, 1.54) is 0 Å². The van der Waals surface area contributed by atoms with Crippen LogP contribution in [0.2, 0.25) is 0 Å². The van der Waals surface area contributed by atoms with Crippen LogP contribution in [0.25, 0.3) is 0 Å². The molecule has 1 aliphatic heterocycles. The van der Waals surface area contributed by atoms with Gasteiger partial charge in [-0.05, 0) is 18.6 Å². The minimum absolute atomic E-state index is 0.220. The molecule has 68 valence electrons. The Balaban J connectivity index is 1.76. The van der Waals surface area contributed by atoms with Crippen molar-refractivity contribution in [3.63, 3.8) is 0 Å². The molecule has 1 saturated heterocycles. The molecule has 1 aliphatic carbocycles. The monoisotopic (exact) mass is 186 g/mol. The SMILES string of the molecule is NC1CC1NC(=O)C1CCSC1. The maximum atomic E-state index is 11.5. The van der Waals surface area contributed by atoms with Crippen molar-refractivity contribution in [1.29, 1.82) is 0 Å². The van der Waals surface area contributed by atoms with E-state index in [0.717, 1.165) is 24.3 Å². The molecule has 0 bridgehead atoms. The van der Waals surface area contributed by atoms with Crippen molar-refractivity contribution in [3.8, 4) is 0 Å². The fourth-order valence-corrected chi connectivity index (χ4v) is 2.64. The molecule has 2 fully saturated rings. The minimum Gasteiger partial charge on any atom is -0.351 e. The van der Waals surface area contributed by atoms with Gasteiger partial charge in [0, 0.05) is 23.8 Å². The van der Waals surface area contributed by atoms with Crippen LogP contribution in [0.15, 0.2) is 0 Å². The third-order valence-corrected chi connectivity index (χ3v) is 3.63. The lowest BCUT2D eigenvalue weighted by Gasteiger charge is -2.08. The highest BCUT2D eigenvalue weighted by Gasteiger charge is 2.36. The van der Waals surface area contributed by atoms with Gasteiger partial charge in [-0.15, -0.1) is 0 Å². The van der Waals surface area contributed by atoms with E-state index >= 15 is 0 Å². The fourth-order valence-electron chi connectivity index (χ4n) is 1.42. The molecule has 3 unspecified atom stereocenters. The Kier molecular flexibility index (Phi) is 2.28. The highest BCUT2D eigenvalue weighted by Crippen LogP contribution is 2.25.